The smallest absolute Gasteiger partial charge is 0.223 e. The summed E-state index contributed by atoms with van der Waals surface area (Å²) in [6.07, 6.45) is 8.46. The van der Waals surface area contributed by atoms with Crippen molar-refractivity contribution in [2.45, 2.75) is 199 Å². The van der Waals surface area contributed by atoms with E-state index >= 15 is 0 Å². The maximum absolute atomic E-state index is 11.4. The van der Waals surface area contributed by atoms with Crippen molar-refractivity contribution in [2.24, 2.45) is 17.8 Å². The number of carbonyl (C=O) groups is 4. The summed E-state index contributed by atoms with van der Waals surface area (Å²) in [6.45, 7) is 44.9. The second-order valence-corrected chi connectivity index (χ2v) is 23.8. The van der Waals surface area contributed by atoms with Crippen LogP contribution < -0.4 is 31.9 Å². The van der Waals surface area contributed by atoms with Crippen molar-refractivity contribution in [3.63, 3.8) is 0 Å². The fourth-order valence-electron chi connectivity index (χ4n) is 5.85. The van der Waals surface area contributed by atoms with E-state index in [1.807, 2.05) is 100 Å². The number of aromatic nitrogens is 4. The second-order valence-electron chi connectivity index (χ2n) is 20.8. The summed E-state index contributed by atoms with van der Waals surface area (Å²) in [4.78, 5) is 49.0. The van der Waals surface area contributed by atoms with Crippen molar-refractivity contribution >= 4 is 39.2 Å². The molecule has 416 valence electrons. The summed E-state index contributed by atoms with van der Waals surface area (Å²) in [6, 6.07) is 3.83. The van der Waals surface area contributed by atoms with Crippen LogP contribution in [0.1, 0.15) is 174 Å². The Hall–Kier alpha value is -3.91. The van der Waals surface area contributed by atoms with Crippen LogP contribution in [0.5, 0.6) is 0 Å². The lowest BCUT2D eigenvalue weighted by molar-refractivity contribution is -0.125. The summed E-state index contributed by atoms with van der Waals surface area (Å²) in [5, 5.41) is 25.7. The molecule has 0 bridgehead atoms. The Morgan fingerprint density at radius 2 is 1.27 bits per heavy atom. The van der Waals surface area contributed by atoms with Crippen LogP contribution in [0.15, 0.2) is 23.0 Å². The van der Waals surface area contributed by atoms with Gasteiger partial charge in [-0.15, -0.1) is 0 Å². The fourth-order valence-corrected chi connectivity index (χ4v) is 6.69. The van der Waals surface area contributed by atoms with E-state index in [9.17, 15) is 23.4 Å². The molecule has 4 heterocycles. The monoisotopic (exact) mass is 1030 g/mol. The van der Waals surface area contributed by atoms with E-state index in [-0.39, 0.29) is 52.8 Å². The van der Waals surface area contributed by atoms with Crippen molar-refractivity contribution in [1.82, 2.24) is 61.0 Å². The Kier molecular flexibility index (Phi) is 40.8. The van der Waals surface area contributed by atoms with Crippen molar-refractivity contribution in [3.8, 4) is 0 Å². The number of carbonyl (C=O) groups excluding carboxylic acids is 4. The number of nitrogens with one attached hydrogen (secondary N) is 6. The van der Waals surface area contributed by atoms with E-state index in [0.29, 0.717) is 29.9 Å². The summed E-state index contributed by atoms with van der Waals surface area (Å²) >= 11 is 0. The van der Waals surface area contributed by atoms with Gasteiger partial charge in [-0.2, -0.15) is 10.1 Å². The molecule has 2 aromatic heterocycles. The highest BCUT2D eigenvalue weighted by atomic mass is 32.2. The highest BCUT2D eigenvalue weighted by Gasteiger charge is 2.20. The molecule has 2 atom stereocenters. The lowest BCUT2D eigenvalue weighted by Gasteiger charge is -2.28. The molecule has 0 spiro atoms. The molecule has 19 heteroatoms. The van der Waals surface area contributed by atoms with Crippen LogP contribution in [0.4, 0.5) is 0 Å². The van der Waals surface area contributed by atoms with Crippen LogP contribution in [0, 0.1) is 24.7 Å². The van der Waals surface area contributed by atoms with Crippen LogP contribution in [-0.4, -0.2) is 152 Å². The van der Waals surface area contributed by atoms with Crippen molar-refractivity contribution in [3.05, 3.63) is 30.2 Å². The van der Waals surface area contributed by atoms with Crippen LogP contribution in [0.3, 0.4) is 0 Å². The summed E-state index contributed by atoms with van der Waals surface area (Å²) < 4.78 is 19.8. The maximum Gasteiger partial charge on any atom is 0.223 e. The Bertz CT molecular complexity index is 1710. The van der Waals surface area contributed by atoms with Gasteiger partial charge in [0.25, 0.3) is 0 Å². The molecule has 0 aromatic carbocycles. The largest absolute Gasteiger partial charge is 0.354 e. The molecule has 3 aliphatic rings. The zero-order chi connectivity index (χ0) is 55.4. The standard InChI is InChI=1S/C8H16N2O.C8H18N2.C8H15NO.C6H10N2O.C6H10N2.C6H15NOS.2C5H11NO/c1-6(2)8(11)10-7-3-4-9-5-7;1-8(2)7-10-5-3-9-4-6-10;1-6(2)8(10)9-7-4-3-5-7;1-4(2)6-7-5(3)9-8-6;1-6(2)8-5-3-4-7-8;1-6(2)9(5,8)7(3)4;2*1-4(2)6-5(3)7/h6-7,9H,3-5H2,1-2H3,(H,10,11);8-9H,3-7H2,1-2H3;6-7H,3-5H2,1-2H3,(H,9,10);4H,1-3H3;3-6H,1-2H3;6H,5H2,1-4H3;2*4H,1-3H3,(H,6,7). The van der Waals surface area contributed by atoms with Crippen molar-refractivity contribution in [1.29, 1.82) is 0 Å². The summed E-state index contributed by atoms with van der Waals surface area (Å²) in [7, 11) is 1.59. The Balaban J connectivity index is -0.000000748. The molecule has 2 aromatic rings. The summed E-state index contributed by atoms with van der Waals surface area (Å²) in [5.74, 6) is 6.91. The lowest BCUT2D eigenvalue weighted by atomic mass is 9.93. The van der Waals surface area contributed by atoms with Gasteiger partial charge in [0.05, 0.1) is 0 Å². The molecule has 18 nitrogen and oxygen atoms in total. The molecule has 2 saturated heterocycles. The molecule has 4 amide bonds. The van der Waals surface area contributed by atoms with Gasteiger partial charge < -0.3 is 41.3 Å². The number of hydrogen-bond donors (Lipinski definition) is 6. The number of rotatable bonds is 12. The lowest BCUT2D eigenvalue weighted by Crippen LogP contribution is -2.44. The first-order valence-electron chi connectivity index (χ1n) is 25.9. The van der Waals surface area contributed by atoms with Gasteiger partial charge in [0.1, 0.15) is 0 Å². The Morgan fingerprint density at radius 3 is 1.49 bits per heavy atom. The average molecular weight is 1030 g/mol. The number of nitrogens with zero attached hydrogens (tertiary/aromatic N) is 6. The third-order valence-electron chi connectivity index (χ3n) is 10.2. The molecule has 2 unspecified atom stereocenters. The predicted molar refractivity (Wildman–Crippen MR) is 297 cm³/mol. The number of amides is 4. The SMILES string of the molecule is C=S(=O)(C(C)C)N(C)C.CC(=O)NC(C)C.CC(=O)NC(C)C.CC(C)C(=O)NC1CCC1.CC(C)C(=O)NC1CCNC1.CC(C)CN1CCNCC1.CC(C)n1cccn1.Cc1nc(C(C)C)no1. The zero-order valence-electron chi connectivity index (χ0n) is 48.5. The van der Waals surface area contributed by atoms with Crippen molar-refractivity contribution in [2.75, 3.05) is 59.9 Å². The fraction of sp³-hybridized carbons (Fsp3) is 0.808. The van der Waals surface area contributed by atoms with Crippen molar-refractivity contribution < 1.29 is 27.9 Å². The van der Waals surface area contributed by atoms with Crippen LogP contribution in [0.2, 0.25) is 0 Å². The van der Waals surface area contributed by atoms with Gasteiger partial charge in [-0.05, 0) is 106 Å². The average Bonchev–Trinajstić information content (AvgIpc) is 4.05. The molecular weight excluding hydrogens is 921 g/mol. The van der Waals surface area contributed by atoms with Gasteiger partial charge in [0.2, 0.25) is 29.5 Å². The topological polar surface area (TPSA) is 221 Å². The predicted octanol–water partition coefficient (Wildman–Crippen LogP) is 6.59. The minimum Gasteiger partial charge on any atom is -0.354 e. The van der Waals surface area contributed by atoms with E-state index in [2.05, 4.69) is 85.6 Å². The quantitative estimate of drug-likeness (QED) is 0.124. The Morgan fingerprint density at radius 1 is 0.775 bits per heavy atom. The molecule has 2 aliphatic heterocycles. The third kappa shape index (κ3) is 41.3. The zero-order valence-corrected chi connectivity index (χ0v) is 49.3. The Labute approximate surface area is 433 Å². The van der Waals surface area contributed by atoms with Crippen LogP contribution in [0.25, 0.3) is 0 Å². The van der Waals surface area contributed by atoms with E-state index in [4.69, 9.17) is 4.52 Å². The van der Waals surface area contributed by atoms with Gasteiger partial charge in [-0.25, -0.2) is 4.31 Å². The second kappa shape index (κ2) is 40.6. The van der Waals surface area contributed by atoms with Gasteiger partial charge >= 0.3 is 0 Å². The molecule has 1 aliphatic carbocycles. The van der Waals surface area contributed by atoms with Gasteiger partial charge in [0, 0.05) is 135 Å². The van der Waals surface area contributed by atoms with E-state index in [1.165, 1.54) is 65.8 Å². The minimum absolute atomic E-state index is 0.0370. The van der Waals surface area contributed by atoms with Gasteiger partial charge in [-0.3, -0.25) is 28.1 Å². The third-order valence-corrected chi connectivity index (χ3v) is 12.9. The van der Waals surface area contributed by atoms with Crippen LogP contribution >= 0.6 is 0 Å². The molecule has 5 rings (SSSR count). The number of hydrogen-bond acceptors (Lipinski definition) is 12. The first-order chi connectivity index (χ1) is 32.8. The first kappa shape index (κ1) is 71.3. The van der Waals surface area contributed by atoms with Gasteiger partial charge in [-0.1, -0.05) is 74.4 Å². The summed E-state index contributed by atoms with van der Waals surface area (Å²) in [5.41, 5.74) is 0. The van der Waals surface area contributed by atoms with E-state index in [1.54, 1.807) is 31.5 Å². The van der Waals surface area contributed by atoms with E-state index in [0.717, 1.165) is 31.3 Å². The number of piperazine rings is 1. The molecule has 71 heavy (non-hydrogen) atoms. The molecule has 1 saturated carbocycles. The first-order valence-corrected chi connectivity index (χ1v) is 27.7. The molecule has 0 radical (unpaired) electrons. The number of aryl methyl sites for hydroxylation is 1. The minimum atomic E-state index is -1.98. The highest BCUT2D eigenvalue weighted by Crippen LogP contribution is 2.18. The maximum atomic E-state index is 11.4. The molecule has 6 N–H and O–H groups in total. The highest BCUT2D eigenvalue weighted by molar-refractivity contribution is 7.98. The normalized spacial score (nSPS) is 16.1. The van der Waals surface area contributed by atoms with Crippen LogP contribution in [-0.2, 0) is 28.9 Å². The molecular formula is C52H106N12O6S. The molecule has 3 fully saturated rings. The van der Waals surface area contributed by atoms with Gasteiger partial charge in [0.15, 0.2) is 5.82 Å². The van der Waals surface area contributed by atoms with E-state index < -0.39 is 9.71 Å².